The van der Waals surface area contributed by atoms with Crippen LogP contribution in [-0.4, -0.2) is 33.5 Å². The molecule has 0 fully saturated rings. The van der Waals surface area contributed by atoms with Crippen LogP contribution in [0.25, 0.3) is 0 Å². The number of carbonyl (C=O) groups excluding carboxylic acids is 3. The first kappa shape index (κ1) is 19.3. The SMILES string of the molecule is CC(=O)c1ccc(NC(=O)CSc2ccc(NC(=O)c3ccco3)nn2)cc1. The molecule has 2 heterocycles. The quantitative estimate of drug-likeness (QED) is 0.465. The van der Waals surface area contributed by atoms with E-state index in [0.717, 1.165) is 0 Å². The first-order valence-corrected chi connectivity index (χ1v) is 9.22. The van der Waals surface area contributed by atoms with Crippen molar-refractivity contribution in [1.29, 1.82) is 0 Å². The second-order valence-corrected chi connectivity index (χ2v) is 6.65. The Hall–Kier alpha value is -3.46. The molecule has 3 rings (SSSR count). The average Bonchev–Trinajstić information content (AvgIpc) is 3.23. The van der Waals surface area contributed by atoms with Crippen LogP contribution in [-0.2, 0) is 4.79 Å². The summed E-state index contributed by atoms with van der Waals surface area (Å²) < 4.78 is 5.00. The van der Waals surface area contributed by atoms with Gasteiger partial charge in [-0.15, -0.1) is 10.2 Å². The largest absolute Gasteiger partial charge is 0.459 e. The van der Waals surface area contributed by atoms with E-state index >= 15 is 0 Å². The summed E-state index contributed by atoms with van der Waals surface area (Å²) in [5, 5.41) is 13.7. The van der Waals surface area contributed by atoms with Crippen molar-refractivity contribution in [2.75, 3.05) is 16.4 Å². The van der Waals surface area contributed by atoms with Gasteiger partial charge in [-0.05, 0) is 55.5 Å². The molecule has 0 unspecified atom stereocenters. The molecule has 0 saturated carbocycles. The number of amides is 2. The van der Waals surface area contributed by atoms with Crippen LogP contribution in [0.4, 0.5) is 11.5 Å². The maximum atomic E-state index is 12.0. The highest BCUT2D eigenvalue weighted by Gasteiger charge is 2.10. The second kappa shape index (κ2) is 8.96. The van der Waals surface area contributed by atoms with E-state index in [0.29, 0.717) is 16.3 Å². The zero-order chi connectivity index (χ0) is 19.9. The fraction of sp³-hybridized carbons (Fsp3) is 0.105. The van der Waals surface area contributed by atoms with Gasteiger partial charge in [0.15, 0.2) is 17.4 Å². The van der Waals surface area contributed by atoms with Gasteiger partial charge in [-0.2, -0.15) is 0 Å². The Bertz CT molecular complexity index is 970. The molecule has 0 saturated heterocycles. The summed E-state index contributed by atoms with van der Waals surface area (Å²) in [5.74, 6) is -0.0707. The maximum Gasteiger partial charge on any atom is 0.292 e. The lowest BCUT2D eigenvalue weighted by Gasteiger charge is -2.06. The summed E-state index contributed by atoms with van der Waals surface area (Å²) in [6.07, 6.45) is 1.41. The van der Waals surface area contributed by atoms with Crippen LogP contribution < -0.4 is 10.6 Å². The molecule has 8 nitrogen and oxygen atoms in total. The zero-order valence-electron chi connectivity index (χ0n) is 14.8. The van der Waals surface area contributed by atoms with Crippen LogP contribution in [0.15, 0.2) is 64.2 Å². The highest BCUT2D eigenvalue weighted by Crippen LogP contribution is 2.17. The molecule has 142 valence electrons. The molecule has 2 N–H and O–H groups in total. The third-order valence-corrected chi connectivity index (χ3v) is 4.47. The van der Waals surface area contributed by atoms with Gasteiger partial charge in [-0.25, -0.2) is 0 Å². The Kier molecular flexibility index (Phi) is 6.18. The predicted octanol–water partition coefficient (Wildman–Crippen LogP) is 3.26. The molecule has 0 radical (unpaired) electrons. The smallest absolute Gasteiger partial charge is 0.292 e. The number of ketones is 1. The number of hydrogen-bond donors (Lipinski definition) is 2. The number of nitrogens with one attached hydrogen (secondary N) is 2. The number of carbonyl (C=O) groups is 3. The molecule has 3 aromatic rings. The maximum absolute atomic E-state index is 12.0. The van der Waals surface area contributed by atoms with Crippen LogP contribution in [0.1, 0.15) is 27.8 Å². The monoisotopic (exact) mass is 396 g/mol. The Morgan fingerprint density at radius 1 is 1.00 bits per heavy atom. The number of hydrogen-bond acceptors (Lipinski definition) is 7. The Labute approximate surface area is 164 Å². The minimum Gasteiger partial charge on any atom is -0.459 e. The molecule has 28 heavy (non-hydrogen) atoms. The molecule has 0 aliphatic carbocycles. The average molecular weight is 396 g/mol. The summed E-state index contributed by atoms with van der Waals surface area (Å²) >= 11 is 1.21. The number of rotatable bonds is 7. The van der Waals surface area contributed by atoms with Crippen LogP contribution in [0.2, 0.25) is 0 Å². The standard InChI is InChI=1S/C19H16N4O4S/c1-12(24)13-4-6-14(7-5-13)20-17(25)11-28-18-9-8-16(22-23-18)21-19(26)15-3-2-10-27-15/h2-10H,11H2,1H3,(H,20,25)(H,21,22,26). The second-order valence-electron chi connectivity index (χ2n) is 5.66. The Morgan fingerprint density at radius 2 is 1.79 bits per heavy atom. The molecule has 9 heteroatoms. The normalized spacial score (nSPS) is 10.3. The van der Waals surface area contributed by atoms with Gasteiger partial charge in [0.05, 0.1) is 12.0 Å². The predicted molar refractivity (Wildman–Crippen MR) is 104 cm³/mol. The molecule has 2 aromatic heterocycles. The van der Waals surface area contributed by atoms with Crippen LogP contribution in [0.3, 0.4) is 0 Å². The molecule has 1 aromatic carbocycles. The van der Waals surface area contributed by atoms with Crippen molar-refractivity contribution in [3.63, 3.8) is 0 Å². The fourth-order valence-corrected chi connectivity index (χ4v) is 2.79. The number of Topliss-reactive ketones (excluding diaryl/α,β-unsaturated/α-hetero) is 1. The van der Waals surface area contributed by atoms with Gasteiger partial charge in [0.25, 0.3) is 5.91 Å². The lowest BCUT2D eigenvalue weighted by atomic mass is 10.1. The minimum absolute atomic E-state index is 0.0317. The van der Waals surface area contributed by atoms with E-state index in [1.54, 1.807) is 48.5 Å². The van der Waals surface area contributed by atoms with Crippen molar-refractivity contribution in [3.05, 3.63) is 66.1 Å². The van der Waals surface area contributed by atoms with Crippen molar-refractivity contribution < 1.29 is 18.8 Å². The van der Waals surface area contributed by atoms with E-state index in [1.165, 1.54) is 24.9 Å². The summed E-state index contributed by atoms with van der Waals surface area (Å²) in [7, 11) is 0. The number of furan rings is 1. The fourth-order valence-electron chi connectivity index (χ4n) is 2.17. The first-order chi connectivity index (χ1) is 13.5. The van der Waals surface area contributed by atoms with Crippen molar-refractivity contribution in [3.8, 4) is 0 Å². The highest BCUT2D eigenvalue weighted by atomic mass is 32.2. The van der Waals surface area contributed by atoms with Crippen molar-refractivity contribution in [2.45, 2.75) is 11.9 Å². The molecule has 0 spiro atoms. The first-order valence-electron chi connectivity index (χ1n) is 8.23. The van der Waals surface area contributed by atoms with Crippen LogP contribution in [0, 0.1) is 0 Å². The summed E-state index contributed by atoms with van der Waals surface area (Å²) in [5.41, 5.74) is 1.19. The molecular formula is C19H16N4O4S. The number of nitrogens with zero attached hydrogens (tertiary/aromatic N) is 2. The highest BCUT2D eigenvalue weighted by molar-refractivity contribution is 7.99. The molecule has 0 atom stereocenters. The van der Waals surface area contributed by atoms with E-state index < -0.39 is 5.91 Å². The van der Waals surface area contributed by atoms with Crippen molar-refractivity contribution in [2.24, 2.45) is 0 Å². The van der Waals surface area contributed by atoms with Gasteiger partial charge in [0.2, 0.25) is 5.91 Å². The van der Waals surface area contributed by atoms with Gasteiger partial charge in [0, 0.05) is 11.3 Å². The van der Waals surface area contributed by atoms with Gasteiger partial charge in [0.1, 0.15) is 5.03 Å². The summed E-state index contributed by atoms with van der Waals surface area (Å²) in [6.45, 7) is 1.49. The third kappa shape index (κ3) is 5.27. The zero-order valence-corrected chi connectivity index (χ0v) is 15.7. The van der Waals surface area contributed by atoms with Gasteiger partial charge in [-0.3, -0.25) is 14.4 Å². The Balaban J connectivity index is 1.48. The van der Waals surface area contributed by atoms with E-state index in [-0.39, 0.29) is 29.0 Å². The molecule has 0 bridgehead atoms. The third-order valence-electron chi connectivity index (χ3n) is 3.55. The summed E-state index contributed by atoms with van der Waals surface area (Å²) in [4.78, 5) is 35.1. The lowest BCUT2D eigenvalue weighted by molar-refractivity contribution is -0.113. The number of anilines is 2. The van der Waals surface area contributed by atoms with E-state index in [2.05, 4.69) is 20.8 Å². The van der Waals surface area contributed by atoms with Crippen molar-refractivity contribution in [1.82, 2.24) is 10.2 Å². The van der Waals surface area contributed by atoms with Gasteiger partial charge in [-0.1, -0.05) is 11.8 Å². The minimum atomic E-state index is -0.421. The molecule has 0 aliphatic heterocycles. The van der Waals surface area contributed by atoms with E-state index in [4.69, 9.17) is 4.42 Å². The number of thioether (sulfide) groups is 1. The van der Waals surface area contributed by atoms with E-state index in [1.807, 2.05) is 0 Å². The van der Waals surface area contributed by atoms with Gasteiger partial charge < -0.3 is 15.1 Å². The lowest BCUT2D eigenvalue weighted by Crippen LogP contribution is -2.14. The number of aromatic nitrogens is 2. The number of benzene rings is 1. The van der Waals surface area contributed by atoms with Gasteiger partial charge >= 0.3 is 0 Å². The van der Waals surface area contributed by atoms with E-state index in [9.17, 15) is 14.4 Å². The molecular weight excluding hydrogens is 380 g/mol. The topological polar surface area (TPSA) is 114 Å². The van der Waals surface area contributed by atoms with Crippen LogP contribution >= 0.6 is 11.8 Å². The Morgan fingerprint density at radius 3 is 2.39 bits per heavy atom. The molecule has 0 aliphatic rings. The van der Waals surface area contributed by atoms with Crippen LogP contribution in [0.5, 0.6) is 0 Å². The molecule has 2 amide bonds. The summed E-state index contributed by atoms with van der Waals surface area (Å²) in [6, 6.07) is 13.1. The van der Waals surface area contributed by atoms with Crippen molar-refractivity contribution >= 4 is 40.9 Å².